The van der Waals surface area contributed by atoms with Crippen LogP contribution in [0.5, 0.6) is 0 Å². The molecule has 1 N–H and O–H groups in total. The van der Waals surface area contributed by atoms with Gasteiger partial charge in [-0.15, -0.1) is 0 Å². The fourth-order valence-electron chi connectivity index (χ4n) is 2.34. The zero-order chi connectivity index (χ0) is 13.1. The molecule has 1 aliphatic heterocycles. The van der Waals surface area contributed by atoms with E-state index in [0.717, 1.165) is 38.1 Å². The van der Waals surface area contributed by atoms with E-state index in [9.17, 15) is 13.2 Å². The second-order valence-corrected chi connectivity index (χ2v) is 4.71. The van der Waals surface area contributed by atoms with Gasteiger partial charge in [-0.05, 0) is 50.7 Å². The van der Waals surface area contributed by atoms with Crippen molar-refractivity contribution in [3.05, 3.63) is 35.1 Å². The van der Waals surface area contributed by atoms with Crippen molar-refractivity contribution in [3.63, 3.8) is 0 Å². The standard InChI is InChI=1S/C13H17F3N2/c1-17-10-2-4-18(5-3-10)8-9-6-11(14)13(16)12(15)7-9/h6-7,10,17H,2-5,8H2,1H3. The van der Waals surface area contributed by atoms with Crippen molar-refractivity contribution < 1.29 is 13.2 Å². The lowest BCUT2D eigenvalue weighted by Crippen LogP contribution is -2.40. The highest BCUT2D eigenvalue weighted by Gasteiger charge is 2.19. The molecule has 0 bridgehead atoms. The Morgan fingerprint density at radius 3 is 2.22 bits per heavy atom. The first kappa shape index (κ1) is 13.4. The first-order valence-corrected chi connectivity index (χ1v) is 6.13. The molecular formula is C13H17F3N2. The van der Waals surface area contributed by atoms with Crippen LogP contribution in [-0.2, 0) is 6.54 Å². The van der Waals surface area contributed by atoms with Crippen LogP contribution in [0.15, 0.2) is 12.1 Å². The maximum absolute atomic E-state index is 13.1. The van der Waals surface area contributed by atoms with Crippen molar-refractivity contribution in [1.82, 2.24) is 10.2 Å². The first-order valence-electron chi connectivity index (χ1n) is 6.13. The molecule has 1 aromatic rings. The Labute approximate surface area is 105 Å². The zero-order valence-electron chi connectivity index (χ0n) is 10.3. The lowest BCUT2D eigenvalue weighted by Gasteiger charge is -2.31. The third kappa shape index (κ3) is 3.03. The minimum absolute atomic E-state index is 0.463. The Kier molecular flexibility index (Phi) is 4.24. The van der Waals surface area contributed by atoms with E-state index >= 15 is 0 Å². The predicted molar refractivity (Wildman–Crippen MR) is 63.7 cm³/mol. The van der Waals surface area contributed by atoms with E-state index in [1.807, 2.05) is 7.05 Å². The van der Waals surface area contributed by atoms with Gasteiger partial charge in [0.15, 0.2) is 17.5 Å². The van der Waals surface area contributed by atoms with Gasteiger partial charge in [0.1, 0.15) is 0 Å². The van der Waals surface area contributed by atoms with Crippen LogP contribution in [0.2, 0.25) is 0 Å². The van der Waals surface area contributed by atoms with Gasteiger partial charge >= 0.3 is 0 Å². The molecule has 1 aliphatic rings. The van der Waals surface area contributed by atoms with Crippen molar-refractivity contribution >= 4 is 0 Å². The highest BCUT2D eigenvalue weighted by Crippen LogP contribution is 2.17. The molecule has 1 heterocycles. The normalized spacial score (nSPS) is 18.2. The van der Waals surface area contributed by atoms with E-state index in [-0.39, 0.29) is 0 Å². The van der Waals surface area contributed by atoms with Gasteiger partial charge in [-0.2, -0.15) is 0 Å². The Hall–Kier alpha value is -1.07. The minimum atomic E-state index is -1.40. The molecule has 0 radical (unpaired) electrons. The Bertz CT molecular complexity index is 392. The molecule has 18 heavy (non-hydrogen) atoms. The Morgan fingerprint density at radius 1 is 1.17 bits per heavy atom. The number of halogens is 3. The number of piperidine rings is 1. The number of benzene rings is 1. The van der Waals surface area contributed by atoms with E-state index in [1.54, 1.807) is 0 Å². The van der Waals surface area contributed by atoms with Gasteiger partial charge in [0.05, 0.1) is 0 Å². The van der Waals surface area contributed by atoms with Gasteiger partial charge in [-0.1, -0.05) is 0 Å². The topological polar surface area (TPSA) is 15.3 Å². The molecule has 0 aliphatic carbocycles. The molecule has 1 fully saturated rings. The summed E-state index contributed by atoms with van der Waals surface area (Å²) in [7, 11) is 1.94. The van der Waals surface area contributed by atoms with Gasteiger partial charge in [-0.25, -0.2) is 13.2 Å². The summed E-state index contributed by atoms with van der Waals surface area (Å²) in [5.41, 5.74) is 0.481. The van der Waals surface area contributed by atoms with Gasteiger partial charge in [0.2, 0.25) is 0 Å². The second-order valence-electron chi connectivity index (χ2n) is 4.71. The van der Waals surface area contributed by atoms with Crippen LogP contribution >= 0.6 is 0 Å². The predicted octanol–water partition coefficient (Wildman–Crippen LogP) is 2.29. The van der Waals surface area contributed by atoms with Crippen molar-refractivity contribution in [3.8, 4) is 0 Å². The molecule has 0 saturated carbocycles. The highest BCUT2D eigenvalue weighted by molar-refractivity contribution is 5.19. The Balaban J connectivity index is 1.98. The molecule has 100 valence electrons. The lowest BCUT2D eigenvalue weighted by atomic mass is 10.0. The first-order chi connectivity index (χ1) is 8.60. The van der Waals surface area contributed by atoms with Crippen LogP contribution in [0.1, 0.15) is 18.4 Å². The molecule has 1 saturated heterocycles. The zero-order valence-corrected chi connectivity index (χ0v) is 10.3. The third-order valence-corrected chi connectivity index (χ3v) is 3.45. The SMILES string of the molecule is CNC1CCN(Cc2cc(F)c(F)c(F)c2)CC1. The van der Waals surface area contributed by atoms with Crippen molar-refractivity contribution in [2.75, 3.05) is 20.1 Å². The van der Waals surface area contributed by atoms with Crippen molar-refractivity contribution in [2.24, 2.45) is 0 Å². The van der Waals surface area contributed by atoms with Crippen molar-refractivity contribution in [1.29, 1.82) is 0 Å². The van der Waals surface area contributed by atoms with E-state index in [0.29, 0.717) is 18.2 Å². The molecule has 0 atom stereocenters. The summed E-state index contributed by atoms with van der Waals surface area (Å²) in [6.07, 6.45) is 2.03. The molecule has 0 unspecified atom stereocenters. The molecule has 2 nitrogen and oxygen atoms in total. The number of nitrogens with zero attached hydrogens (tertiary/aromatic N) is 1. The Morgan fingerprint density at radius 2 is 1.72 bits per heavy atom. The summed E-state index contributed by atoms with van der Waals surface area (Å²) < 4.78 is 38.9. The van der Waals surface area contributed by atoms with E-state index in [2.05, 4.69) is 10.2 Å². The highest BCUT2D eigenvalue weighted by atomic mass is 19.2. The van der Waals surface area contributed by atoms with Crippen molar-refractivity contribution in [2.45, 2.75) is 25.4 Å². The molecule has 0 spiro atoms. The van der Waals surface area contributed by atoms with Crippen LogP contribution in [0.25, 0.3) is 0 Å². The smallest absolute Gasteiger partial charge is 0.194 e. The largest absolute Gasteiger partial charge is 0.317 e. The van der Waals surface area contributed by atoms with Crippen LogP contribution in [0.3, 0.4) is 0 Å². The van der Waals surface area contributed by atoms with E-state index in [4.69, 9.17) is 0 Å². The quantitative estimate of drug-likeness (QED) is 0.837. The number of hydrogen-bond acceptors (Lipinski definition) is 2. The summed E-state index contributed by atoms with van der Waals surface area (Å²) in [5, 5.41) is 3.22. The van der Waals surface area contributed by atoms with Crippen LogP contribution < -0.4 is 5.32 Å². The molecular weight excluding hydrogens is 241 g/mol. The number of rotatable bonds is 3. The van der Waals surface area contributed by atoms with E-state index < -0.39 is 17.5 Å². The summed E-state index contributed by atoms with van der Waals surface area (Å²) in [6, 6.07) is 2.66. The minimum Gasteiger partial charge on any atom is -0.317 e. The average Bonchev–Trinajstić information content (AvgIpc) is 2.37. The summed E-state index contributed by atoms with van der Waals surface area (Å²) >= 11 is 0. The molecule has 2 rings (SSSR count). The van der Waals surface area contributed by atoms with Crippen LogP contribution in [-0.4, -0.2) is 31.1 Å². The summed E-state index contributed by atoms with van der Waals surface area (Å²) in [5.74, 6) is -3.63. The lowest BCUT2D eigenvalue weighted by molar-refractivity contribution is 0.194. The fraction of sp³-hybridized carbons (Fsp3) is 0.538. The van der Waals surface area contributed by atoms with Gasteiger partial charge in [0.25, 0.3) is 0 Å². The summed E-state index contributed by atoms with van der Waals surface area (Å²) in [4.78, 5) is 2.12. The molecule has 0 aromatic heterocycles. The monoisotopic (exact) mass is 258 g/mol. The summed E-state index contributed by atoms with van der Waals surface area (Å²) in [6.45, 7) is 2.22. The molecule has 5 heteroatoms. The molecule has 1 aromatic carbocycles. The number of nitrogens with one attached hydrogen (secondary N) is 1. The fourth-order valence-corrected chi connectivity index (χ4v) is 2.34. The van der Waals surface area contributed by atoms with Crippen LogP contribution in [0, 0.1) is 17.5 Å². The maximum atomic E-state index is 13.1. The van der Waals surface area contributed by atoms with Gasteiger partial charge in [0, 0.05) is 12.6 Å². The third-order valence-electron chi connectivity index (χ3n) is 3.45. The van der Waals surface area contributed by atoms with Gasteiger partial charge in [-0.3, -0.25) is 4.90 Å². The van der Waals surface area contributed by atoms with Gasteiger partial charge < -0.3 is 5.32 Å². The van der Waals surface area contributed by atoms with E-state index in [1.165, 1.54) is 0 Å². The maximum Gasteiger partial charge on any atom is 0.194 e. The molecule has 0 amide bonds. The van der Waals surface area contributed by atoms with Crippen LogP contribution in [0.4, 0.5) is 13.2 Å². The average molecular weight is 258 g/mol. The number of hydrogen-bond donors (Lipinski definition) is 1. The second kappa shape index (κ2) is 5.71. The number of likely N-dealkylation sites (tertiary alicyclic amines) is 1.